The van der Waals surface area contributed by atoms with E-state index in [9.17, 15) is 4.79 Å². The number of hydrogen-bond acceptors (Lipinski definition) is 3. The number of methoxy groups -OCH3 is 1. The van der Waals surface area contributed by atoms with E-state index in [4.69, 9.17) is 9.47 Å². The standard InChI is InChI=1S/C12H22O3/c1-9(2)10(3)15-12(6-5-7-12)8-11(13)14-4/h9-10H,5-8H2,1-4H3. The van der Waals surface area contributed by atoms with E-state index in [0.717, 1.165) is 19.3 Å². The normalized spacial score (nSPS) is 20.9. The van der Waals surface area contributed by atoms with Gasteiger partial charge in [-0.2, -0.15) is 0 Å². The Bertz CT molecular complexity index is 219. The van der Waals surface area contributed by atoms with Gasteiger partial charge in [0.25, 0.3) is 0 Å². The van der Waals surface area contributed by atoms with E-state index in [1.165, 1.54) is 7.11 Å². The van der Waals surface area contributed by atoms with Crippen molar-refractivity contribution in [2.45, 2.75) is 58.2 Å². The molecule has 0 aromatic carbocycles. The van der Waals surface area contributed by atoms with Crippen molar-refractivity contribution in [2.24, 2.45) is 5.92 Å². The van der Waals surface area contributed by atoms with Crippen molar-refractivity contribution < 1.29 is 14.3 Å². The molecule has 1 unspecified atom stereocenters. The molecule has 0 spiro atoms. The zero-order valence-electron chi connectivity index (χ0n) is 10.2. The lowest BCUT2D eigenvalue weighted by Crippen LogP contribution is -2.45. The summed E-state index contributed by atoms with van der Waals surface area (Å²) in [6, 6.07) is 0. The van der Waals surface area contributed by atoms with Crippen LogP contribution in [0.3, 0.4) is 0 Å². The van der Waals surface area contributed by atoms with Crippen LogP contribution in [0.25, 0.3) is 0 Å². The molecule has 1 rings (SSSR count). The van der Waals surface area contributed by atoms with Crippen LogP contribution in [0.5, 0.6) is 0 Å². The summed E-state index contributed by atoms with van der Waals surface area (Å²) in [6.45, 7) is 6.34. The molecule has 1 saturated carbocycles. The van der Waals surface area contributed by atoms with Crippen LogP contribution in [0.4, 0.5) is 0 Å². The molecule has 0 heterocycles. The second kappa shape index (κ2) is 4.97. The minimum Gasteiger partial charge on any atom is -0.469 e. The smallest absolute Gasteiger partial charge is 0.308 e. The van der Waals surface area contributed by atoms with Gasteiger partial charge in [-0.05, 0) is 32.1 Å². The van der Waals surface area contributed by atoms with Gasteiger partial charge in [0.1, 0.15) is 0 Å². The number of carbonyl (C=O) groups excluding carboxylic acids is 1. The average Bonchev–Trinajstić information content (AvgIpc) is 2.13. The van der Waals surface area contributed by atoms with Gasteiger partial charge in [0.2, 0.25) is 0 Å². The minimum absolute atomic E-state index is 0.161. The lowest BCUT2D eigenvalue weighted by molar-refractivity contribution is -0.171. The molecule has 0 saturated heterocycles. The van der Waals surface area contributed by atoms with Crippen LogP contribution in [0, 0.1) is 5.92 Å². The van der Waals surface area contributed by atoms with Gasteiger partial charge in [0, 0.05) is 0 Å². The van der Waals surface area contributed by atoms with Gasteiger partial charge in [0.15, 0.2) is 0 Å². The lowest BCUT2D eigenvalue weighted by atomic mass is 9.77. The Kier molecular flexibility index (Phi) is 4.14. The van der Waals surface area contributed by atoms with Crippen molar-refractivity contribution in [1.29, 1.82) is 0 Å². The van der Waals surface area contributed by atoms with Gasteiger partial charge in [-0.1, -0.05) is 13.8 Å². The van der Waals surface area contributed by atoms with Gasteiger partial charge >= 0.3 is 5.97 Å². The Morgan fingerprint density at radius 3 is 2.27 bits per heavy atom. The van der Waals surface area contributed by atoms with Crippen LogP contribution in [0.1, 0.15) is 46.5 Å². The first-order valence-corrected chi connectivity index (χ1v) is 5.74. The van der Waals surface area contributed by atoms with Crippen LogP contribution in [0.15, 0.2) is 0 Å². The summed E-state index contributed by atoms with van der Waals surface area (Å²) in [6.07, 6.45) is 3.73. The highest BCUT2D eigenvalue weighted by Crippen LogP contribution is 2.40. The first-order chi connectivity index (χ1) is 6.99. The maximum Gasteiger partial charge on any atom is 0.308 e. The fraction of sp³-hybridized carbons (Fsp3) is 0.917. The number of rotatable bonds is 5. The molecule has 1 atom stereocenters. The van der Waals surface area contributed by atoms with E-state index in [2.05, 4.69) is 20.8 Å². The summed E-state index contributed by atoms with van der Waals surface area (Å²) < 4.78 is 10.7. The van der Waals surface area contributed by atoms with Crippen molar-refractivity contribution in [3.05, 3.63) is 0 Å². The van der Waals surface area contributed by atoms with Gasteiger partial charge < -0.3 is 9.47 Å². The molecule has 0 aromatic rings. The highest BCUT2D eigenvalue weighted by Gasteiger charge is 2.42. The van der Waals surface area contributed by atoms with Crippen LogP contribution < -0.4 is 0 Å². The third kappa shape index (κ3) is 3.20. The Hall–Kier alpha value is -0.570. The quantitative estimate of drug-likeness (QED) is 0.660. The maximum atomic E-state index is 11.3. The summed E-state index contributed by atoms with van der Waals surface area (Å²) >= 11 is 0. The zero-order chi connectivity index (χ0) is 11.5. The molecule has 1 aliphatic rings. The maximum absolute atomic E-state index is 11.3. The molecule has 0 aliphatic heterocycles. The summed E-state index contributed by atoms with van der Waals surface area (Å²) in [5, 5.41) is 0. The first kappa shape index (κ1) is 12.5. The zero-order valence-corrected chi connectivity index (χ0v) is 10.2. The van der Waals surface area contributed by atoms with Crippen LogP contribution in [-0.2, 0) is 14.3 Å². The van der Waals surface area contributed by atoms with Crippen LogP contribution in [0.2, 0.25) is 0 Å². The Labute approximate surface area is 92.1 Å². The van der Waals surface area contributed by atoms with Crippen molar-refractivity contribution >= 4 is 5.97 Å². The molecule has 3 nitrogen and oxygen atoms in total. The molecule has 0 bridgehead atoms. The predicted octanol–water partition coefficient (Wildman–Crippen LogP) is 2.53. The SMILES string of the molecule is COC(=O)CC1(OC(C)C(C)C)CCC1. The molecule has 1 fully saturated rings. The van der Waals surface area contributed by atoms with E-state index in [0.29, 0.717) is 12.3 Å². The van der Waals surface area contributed by atoms with Crippen molar-refractivity contribution in [1.82, 2.24) is 0 Å². The van der Waals surface area contributed by atoms with Crippen molar-refractivity contribution in [3.8, 4) is 0 Å². The van der Waals surface area contributed by atoms with E-state index in [1.807, 2.05) is 0 Å². The predicted molar refractivity (Wildman–Crippen MR) is 58.6 cm³/mol. The first-order valence-electron chi connectivity index (χ1n) is 5.74. The summed E-state index contributed by atoms with van der Waals surface area (Å²) in [4.78, 5) is 11.3. The molecule has 15 heavy (non-hydrogen) atoms. The average molecular weight is 214 g/mol. The fourth-order valence-corrected chi connectivity index (χ4v) is 1.77. The molecule has 0 amide bonds. The Morgan fingerprint density at radius 2 is 1.93 bits per heavy atom. The number of carbonyl (C=O) groups is 1. The molecule has 3 heteroatoms. The molecular weight excluding hydrogens is 192 g/mol. The molecule has 88 valence electrons. The monoisotopic (exact) mass is 214 g/mol. The van der Waals surface area contributed by atoms with Gasteiger partial charge in [0.05, 0.1) is 25.2 Å². The number of esters is 1. The van der Waals surface area contributed by atoms with Gasteiger partial charge in [-0.15, -0.1) is 0 Å². The summed E-state index contributed by atoms with van der Waals surface area (Å²) in [7, 11) is 1.43. The van der Waals surface area contributed by atoms with Crippen molar-refractivity contribution in [3.63, 3.8) is 0 Å². The number of hydrogen-bond donors (Lipinski definition) is 0. The van der Waals surface area contributed by atoms with Gasteiger partial charge in [-0.25, -0.2) is 0 Å². The highest BCUT2D eigenvalue weighted by molar-refractivity contribution is 5.70. The molecular formula is C12H22O3. The second-order valence-corrected chi connectivity index (χ2v) is 4.86. The summed E-state index contributed by atoms with van der Waals surface area (Å²) in [5.41, 5.74) is -0.225. The molecule has 1 aliphatic carbocycles. The van der Waals surface area contributed by atoms with E-state index >= 15 is 0 Å². The van der Waals surface area contributed by atoms with E-state index in [-0.39, 0.29) is 17.7 Å². The summed E-state index contributed by atoms with van der Waals surface area (Å²) in [5.74, 6) is 0.325. The lowest BCUT2D eigenvalue weighted by Gasteiger charge is -2.43. The second-order valence-electron chi connectivity index (χ2n) is 4.86. The van der Waals surface area contributed by atoms with E-state index < -0.39 is 0 Å². The molecule has 0 aromatic heterocycles. The largest absolute Gasteiger partial charge is 0.469 e. The van der Waals surface area contributed by atoms with E-state index in [1.54, 1.807) is 0 Å². The molecule has 0 N–H and O–H groups in total. The third-order valence-corrected chi connectivity index (χ3v) is 3.33. The molecule has 0 radical (unpaired) electrons. The third-order valence-electron chi connectivity index (χ3n) is 3.33. The minimum atomic E-state index is -0.225. The van der Waals surface area contributed by atoms with Crippen molar-refractivity contribution in [2.75, 3.05) is 7.11 Å². The number of ether oxygens (including phenoxy) is 2. The van der Waals surface area contributed by atoms with Crippen LogP contribution >= 0.6 is 0 Å². The Balaban J connectivity index is 2.49. The topological polar surface area (TPSA) is 35.5 Å². The van der Waals surface area contributed by atoms with Crippen LogP contribution in [-0.4, -0.2) is 24.8 Å². The fourth-order valence-electron chi connectivity index (χ4n) is 1.77. The highest BCUT2D eigenvalue weighted by atomic mass is 16.5. The Morgan fingerprint density at radius 1 is 1.33 bits per heavy atom. The van der Waals surface area contributed by atoms with Gasteiger partial charge in [-0.3, -0.25) is 4.79 Å².